The van der Waals surface area contributed by atoms with Crippen molar-refractivity contribution in [2.45, 2.75) is 38.1 Å². The monoisotopic (exact) mass is 354 g/mol. The Bertz CT molecular complexity index is 554. The van der Waals surface area contributed by atoms with Crippen molar-refractivity contribution in [3.63, 3.8) is 0 Å². The van der Waals surface area contributed by atoms with Crippen LogP contribution in [0, 0.1) is 0 Å². The molecular formula is C15H19BrN2O3. The van der Waals surface area contributed by atoms with Gasteiger partial charge in [-0.25, -0.2) is 4.79 Å². The highest BCUT2D eigenvalue weighted by atomic mass is 79.9. The van der Waals surface area contributed by atoms with Gasteiger partial charge in [-0.1, -0.05) is 29.3 Å². The van der Waals surface area contributed by atoms with Gasteiger partial charge < -0.3 is 15.7 Å². The minimum absolute atomic E-state index is 0.0868. The average Bonchev–Trinajstić information content (AvgIpc) is 2.88. The van der Waals surface area contributed by atoms with Crippen LogP contribution < -0.4 is 10.6 Å². The van der Waals surface area contributed by atoms with E-state index in [-0.39, 0.29) is 11.5 Å². The van der Waals surface area contributed by atoms with Crippen LogP contribution in [0.5, 0.6) is 0 Å². The molecule has 21 heavy (non-hydrogen) atoms. The lowest BCUT2D eigenvalue weighted by Crippen LogP contribution is -2.50. The van der Waals surface area contributed by atoms with E-state index in [1.165, 1.54) is 12.1 Å². The number of anilines is 1. The van der Waals surface area contributed by atoms with Gasteiger partial charge in [0, 0.05) is 10.2 Å². The molecule has 0 aliphatic carbocycles. The number of carboxylic acids is 1. The third-order valence-corrected chi connectivity index (χ3v) is 4.22. The van der Waals surface area contributed by atoms with E-state index in [0.717, 1.165) is 32.2 Å². The minimum Gasteiger partial charge on any atom is -0.478 e. The number of halogens is 1. The second kappa shape index (κ2) is 6.58. The van der Waals surface area contributed by atoms with Crippen LogP contribution in [0.4, 0.5) is 5.69 Å². The van der Waals surface area contributed by atoms with Crippen LogP contribution in [-0.2, 0) is 4.79 Å². The van der Waals surface area contributed by atoms with Gasteiger partial charge in [0.25, 0.3) is 0 Å². The topological polar surface area (TPSA) is 78.4 Å². The number of nitrogens with one attached hydrogen (secondary N) is 2. The fraction of sp³-hybridized carbons (Fsp3) is 0.467. The fourth-order valence-electron chi connectivity index (χ4n) is 2.79. The molecular weight excluding hydrogens is 336 g/mol. The zero-order valence-corrected chi connectivity index (χ0v) is 13.5. The summed E-state index contributed by atoms with van der Waals surface area (Å²) >= 11 is 3.27. The van der Waals surface area contributed by atoms with Crippen LogP contribution >= 0.6 is 15.9 Å². The van der Waals surface area contributed by atoms with Gasteiger partial charge in [0.1, 0.15) is 0 Å². The number of carboxylic acid groups (broad SMARTS) is 1. The van der Waals surface area contributed by atoms with Gasteiger partial charge in [-0.3, -0.25) is 4.79 Å². The quantitative estimate of drug-likeness (QED) is 0.759. The maximum Gasteiger partial charge on any atom is 0.335 e. The Morgan fingerprint density at radius 1 is 1.43 bits per heavy atom. The first-order valence-corrected chi connectivity index (χ1v) is 7.86. The van der Waals surface area contributed by atoms with E-state index < -0.39 is 11.5 Å². The minimum atomic E-state index is -1.02. The Morgan fingerprint density at radius 2 is 2.19 bits per heavy atom. The zero-order valence-electron chi connectivity index (χ0n) is 11.9. The van der Waals surface area contributed by atoms with Gasteiger partial charge in [-0.15, -0.1) is 0 Å². The van der Waals surface area contributed by atoms with Crippen molar-refractivity contribution in [3.05, 3.63) is 28.2 Å². The van der Waals surface area contributed by atoms with E-state index in [1.807, 2.05) is 0 Å². The number of rotatable bonds is 5. The molecule has 1 aliphatic rings. The highest BCUT2D eigenvalue weighted by molar-refractivity contribution is 9.10. The first kappa shape index (κ1) is 16.0. The predicted molar refractivity (Wildman–Crippen MR) is 84.6 cm³/mol. The van der Waals surface area contributed by atoms with Crippen LogP contribution in [0.15, 0.2) is 22.7 Å². The third kappa shape index (κ3) is 3.63. The van der Waals surface area contributed by atoms with E-state index in [0.29, 0.717) is 10.2 Å². The molecule has 1 fully saturated rings. The molecule has 0 saturated carbocycles. The van der Waals surface area contributed by atoms with Gasteiger partial charge >= 0.3 is 5.97 Å². The normalized spacial score (nSPS) is 21.2. The summed E-state index contributed by atoms with van der Waals surface area (Å²) < 4.78 is 0.627. The Morgan fingerprint density at radius 3 is 2.76 bits per heavy atom. The highest BCUT2D eigenvalue weighted by Crippen LogP contribution is 2.27. The summed E-state index contributed by atoms with van der Waals surface area (Å²) in [6.07, 6.45) is 3.48. The van der Waals surface area contributed by atoms with E-state index in [2.05, 4.69) is 33.5 Å². The van der Waals surface area contributed by atoms with Gasteiger partial charge in [-0.05, 0) is 44.0 Å². The lowest BCUT2D eigenvalue weighted by Gasteiger charge is -2.28. The Hall–Kier alpha value is -1.40. The molecule has 2 rings (SSSR count). The molecule has 1 heterocycles. The summed E-state index contributed by atoms with van der Waals surface area (Å²) in [6.45, 7) is 2.89. The second-order valence-corrected chi connectivity index (χ2v) is 6.27. The molecule has 6 heteroatoms. The van der Waals surface area contributed by atoms with Crippen molar-refractivity contribution in [2.75, 3.05) is 11.9 Å². The van der Waals surface area contributed by atoms with Crippen LogP contribution in [0.1, 0.15) is 43.0 Å². The Kier molecular flexibility index (Phi) is 5.00. The molecule has 1 atom stereocenters. The standard InChI is InChI=1S/C15H19BrN2O3/c1-2-4-15(5-3-6-17-15)14(21)18-12-8-10(13(19)20)7-11(16)9-12/h7-9,17H,2-6H2,1H3,(H,18,21)(H,19,20). The number of aromatic carboxylic acids is 1. The molecule has 1 saturated heterocycles. The highest BCUT2D eigenvalue weighted by Gasteiger charge is 2.39. The molecule has 0 bridgehead atoms. The van der Waals surface area contributed by atoms with Crippen molar-refractivity contribution in [1.29, 1.82) is 0 Å². The number of hydrogen-bond donors (Lipinski definition) is 3. The Balaban J connectivity index is 2.20. The molecule has 0 spiro atoms. The number of amides is 1. The zero-order chi connectivity index (χ0) is 15.5. The molecule has 0 aromatic heterocycles. The first-order chi connectivity index (χ1) is 9.97. The number of hydrogen-bond acceptors (Lipinski definition) is 3. The lowest BCUT2D eigenvalue weighted by molar-refractivity contribution is -0.122. The number of carbonyl (C=O) groups excluding carboxylic acids is 1. The van der Waals surface area contributed by atoms with Crippen molar-refractivity contribution >= 4 is 33.5 Å². The van der Waals surface area contributed by atoms with Crippen molar-refractivity contribution in [3.8, 4) is 0 Å². The predicted octanol–water partition coefficient (Wildman–Crippen LogP) is 3.01. The van der Waals surface area contributed by atoms with E-state index in [1.54, 1.807) is 6.07 Å². The molecule has 114 valence electrons. The lowest BCUT2D eigenvalue weighted by atomic mass is 9.90. The van der Waals surface area contributed by atoms with Crippen LogP contribution in [0.25, 0.3) is 0 Å². The van der Waals surface area contributed by atoms with E-state index in [9.17, 15) is 9.59 Å². The molecule has 1 aliphatic heterocycles. The van der Waals surface area contributed by atoms with Crippen LogP contribution in [-0.4, -0.2) is 29.1 Å². The fourth-order valence-corrected chi connectivity index (χ4v) is 3.28. The molecule has 1 aromatic carbocycles. The third-order valence-electron chi connectivity index (χ3n) is 3.76. The summed E-state index contributed by atoms with van der Waals surface area (Å²) in [5.41, 5.74) is 0.111. The largest absolute Gasteiger partial charge is 0.478 e. The summed E-state index contributed by atoms with van der Waals surface area (Å²) in [7, 11) is 0. The maximum absolute atomic E-state index is 12.6. The summed E-state index contributed by atoms with van der Waals surface area (Å²) in [5.74, 6) is -1.11. The van der Waals surface area contributed by atoms with Crippen LogP contribution in [0.3, 0.4) is 0 Å². The smallest absolute Gasteiger partial charge is 0.335 e. The van der Waals surface area contributed by atoms with Gasteiger partial charge in [0.05, 0.1) is 11.1 Å². The number of benzene rings is 1. The Labute approximate surface area is 132 Å². The molecule has 1 amide bonds. The molecule has 3 N–H and O–H groups in total. The summed E-state index contributed by atoms with van der Waals surface area (Å²) in [5, 5.41) is 15.2. The van der Waals surface area contributed by atoms with Gasteiger partial charge in [0.15, 0.2) is 0 Å². The molecule has 5 nitrogen and oxygen atoms in total. The van der Waals surface area contributed by atoms with Crippen LogP contribution in [0.2, 0.25) is 0 Å². The van der Waals surface area contributed by atoms with Crippen molar-refractivity contribution in [1.82, 2.24) is 5.32 Å². The average molecular weight is 355 g/mol. The van der Waals surface area contributed by atoms with E-state index in [4.69, 9.17) is 5.11 Å². The second-order valence-electron chi connectivity index (χ2n) is 5.35. The summed E-state index contributed by atoms with van der Waals surface area (Å²) in [6, 6.07) is 4.69. The molecule has 1 aromatic rings. The van der Waals surface area contributed by atoms with Gasteiger partial charge in [0.2, 0.25) is 5.91 Å². The SMILES string of the molecule is CCCC1(C(=O)Nc2cc(Br)cc(C(=O)O)c2)CCCN1. The molecule has 0 radical (unpaired) electrons. The first-order valence-electron chi connectivity index (χ1n) is 7.07. The van der Waals surface area contributed by atoms with Gasteiger partial charge in [-0.2, -0.15) is 0 Å². The van der Waals surface area contributed by atoms with Crippen molar-refractivity contribution < 1.29 is 14.7 Å². The van der Waals surface area contributed by atoms with E-state index >= 15 is 0 Å². The van der Waals surface area contributed by atoms with Crippen molar-refractivity contribution in [2.24, 2.45) is 0 Å². The summed E-state index contributed by atoms with van der Waals surface area (Å²) in [4.78, 5) is 23.6. The maximum atomic E-state index is 12.6. The number of carbonyl (C=O) groups is 2. The molecule has 1 unspecified atom stereocenters.